The van der Waals surface area contributed by atoms with Crippen LogP contribution in [0.15, 0.2) is 65.8 Å². The molecule has 3 aromatic rings. The van der Waals surface area contributed by atoms with E-state index < -0.39 is 11.9 Å². The van der Waals surface area contributed by atoms with Crippen molar-refractivity contribution in [2.24, 2.45) is 0 Å². The number of amides is 1. The first kappa shape index (κ1) is 25.1. The Balaban J connectivity index is 0.00000341. The van der Waals surface area contributed by atoms with Crippen LogP contribution < -0.4 is 10.1 Å². The number of rotatable bonds is 8. The molecule has 0 spiro atoms. The van der Waals surface area contributed by atoms with Crippen LogP contribution in [0.3, 0.4) is 0 Å². The molecule has 0 aliphatic rings. The van der Waals surface area contributed by atoms with Gasteiger partial charge in [0, 0.05) is 17.0 Å². The number of anilines is 1. The summed E-state index contributed by atoms with van der Waals surface area (Å²) in [4.78, 5) is 28.3. The zero-order chi connectivity index (χ0) is 21.5. The topological polar surface area (TPSA) is 88.5 Å². The zero-order valence-corrected chi connectivity index (χ0v) is 17.8. The van der Waals surface area contributed by atoms with Crippen molar-refractivity contribution in [3.05, 3.63) is 82.0 Å². The van der Waals surface area contributed by atoms with Crippen molar-refractivity contribution in [3.63, 3.8) is 0 Å². The van der Waals surface area contributed by atoms with Gasteiger partial charge in [-0.05, 0) is 48.5 Å². The third-order valence-electron chi connectivity index (χ3n) is 3.89. The second kappa shape index (κ2) is 12.0. The van der Waals surface area contributed by atoms with Gasteiger partial charge in [-0.25, -0.2) is 9.78 Å². The number of pyridine rings is 1. The summed E-state index contributed by atoms with van der Waals surface area (Å²) in [5, 5.41) is 13.5. The molecule has 1 amide bonds. The quantitative estimate of drug-likeness (QED) is 0.277. The van der Waals surface area contributed by atoms with Crippen molar-refractivity contribution in [1.82, 2.24) is 4.98 Å². The first-order valence-corrected chi connectivity index (χ1v) is 10.5. The summed E-state index contributed by atoms with van der Waals surface area (Å²) < 4.78 is 5.64. The summed E-state index contributed by atoms with van der Waals surface area (Å²) >= 11 is 13.4. The average molecular weight is 471 g/mol. The molecule has 0 unspecified atom stereocenters. The molecule has 0 radical (unpaired) electrons. The number of ether oxygens (including phenoxy) is 1. The fraction of sp³-hybridized carbons (Fsp3) is 0.0952. The van der Waals surface area contributed by atoms with Crippen molar-refractivity contribution in [2.45, 2.75) is 5.03 Å². The molecule has 6 nitrogen and oxygen atoms in total. The van der Waals surface area contributed by atoms with Gasteiger partial charge in [-0.3, -0.25) is 4.79 Å². The second-order valence-electron chi connectivity index (χ2n) is 5.96. The van der Waals surface area contributed by atoms with Crippen LogP contribution in [0.2, 0.25) is 10.0 Å². The van der Waals surface area contributed by atoms with E-state index in [1.165, 1.54) is 42.1 Å². The number of benzene rings is 2. The summed E-state index contributed by atoms with van der Waals surface area (Å²) in [6.45, 7) is 0.367. The number of carboxylic acid groups (broad SMARTS) is 1. The predicted molar refractivity (Wildman–Crippen MR) is 125 cm³/mol. The van der Waals surface area contributed by atoms with E-state index in [1.807, 2.05) is 18.2 Å². The number of aromatic carboxylic acids is 1. The molecule has 1 aromatic heterocycles. The summed E-state index contributed by atoms with van der Waals surface area (Å²) in [6.07, 6.45) is 1.71. The number of aromatic nitrogens is 1. The molecule has 1 heterocycles. The van der Waals surface area contributed by atoms with Gasteiger partial charge in [0.2, 0.25) is 0 Å². The van der Waals surface area contributed by atoms with Crippen molar-refractivity contribution < 1.29 is 19.4 Å². The van der Waals surface area contributed by atoms with Gasteiger partial charge in [0.25, 0.3) is 5.91 Å². The van der Waals surface area contributed by atoms with E-state index in [9.17, 15) is 14.7 Å². The Morgan fingerprint density at radius 3 is 2.55 bits per heavy atom. The van der Waals surface area contributed by atoms with Gasteiger partial charge in [0.05, 0.1) is 33.5 Å². The Hall–Kier alpha value is -2.14. The fourth-order valence-electron chi connectivity index (χ4n) is 2.50. The van der Waals surface area contributed by atoms with Gasteiger partial charge in [-0.1, -0.05) is 29.3 Å². The molecule has 3 rings (SSSR count). The minimum absolute atomic E-state index is 0. The molecule has 31 heavy (non-hydrogen) atoms. The van der Waals surface area contributed by atoms with Crippen LogP contribution in [0, 0.1) is 0 Å². The van der Waals surface area contributed by atoms with Gasteiger partial charge in [0.1, 0.15) is 5.75 Å². The Morgan fingerprint density at radius 2 is 1.87 bits per heavy atom. The number of thioether (sulfide) groups is 1. The van der Waals surface area contributed by atoms with Crippen LogP contribution in [0.25, 0.3) is 0 Å². The standard InChI is InChI=1S/C21H16Cl2N2O4S.Li.H/c22-13-4-6-15(17(23)11-13)20(26)25-18-7-5-14(12-16(18)21(27)28)29-9-10-30-19-3-1-2-8-24-19;;/h1-8,11-12H,9-10H2,(H,25,26)(H,27,28);;. The molecule has 0 saturated heterocycles. The second-order valence-corrected chi connectivity index (χ2v) is 7.91. The Morgan fingerprint density at radius 1 is 1.06 bits per heavy atom. The SMILES string of the molecule is O=C(Nc1ccc(OCCSc2ccccn2)cc1C(=O)O)c1ccc(Cl)cc1Cl.[LiH]. The predicted octanol–water partition coefficient (Wildman–Crippen LogP) is 4.86. The average Bonchev–Trinajstić information content (AvgIpc) is 2.72. The van der Waals surface area contributed by atoms with E-state index >= 15 is 0 Å². The van der Waals surface area contributed by atoms with Crippen LogP contribution in [0.5, 0.6) is 5.75 Å². The maximum absolute atomic E-state index is 12.5. The van der Waals surface area contributed by atoms with E-state index in [2.05, 4.69) is 10.3 Å². The number of hydrogen-bond donors (Lipinski definition) is 2. The molecule has 0 atom stereocenters. The monoisotopic (exact) mass is 470 g/mol. The molecule has 2 N–H and O–H groups in total. The van der Waals surface area contributed by atoms with Crippen LogP contribution in [-0.4, -0.2) is 53.2 Å². The third kappa shape index (κ3) is 7.20. The van der Waals surface area contributed by atoms with Crippen molar-refractivity contribution in [2.75, 3.05) is 17.7 Å². The van der Waals surface area contributed by atoms with Gasteiger partial charge in [-0.2, -0.15) is 0 Å². The van der Waals surface area contributed by atoms with Crippen LogP contribution in [0.4, 0.5) is 5.69 Å². The molecule has 0 aliphatic heterocycles. The fourth-order valence-corrected chi connectivity index (χ4v) is 3.68. The number of nitrogens with zero attached hydrogens (tertiary/aromatic N) is 1. The zero-order valence-electron chi connectivity index (χ0n) is 15.5. The minimum atomic E-state index is -1.19. The van der Waals surface area contributed by atoms with Crippen LogP contribution in [0.1, 0.15) is 20.7 Å². The molecular weight excluding hydrogens is 454 g/mol. The van der Waals surface area contributed by atoms with Gasteiger partial charge in [0.15, 0.2) is 0 Å². The van der Waals surface area contributed by atoms with E-state index in [-0.39, 0.29) is 40.7 Å². The van der Waals surface area contributed by atoms with Crippen LogP contribution in [-0.2, 0) is 0 Å². The van der Waals surface area contributed by atoms with Gasteiger partial charge in [-0.15, -0.1) is 11.8 Å². The first-order chi connectivity index (χ1) is 14.4. The van der Waals surface area contributed by atoms with Crippen molar-refractivity contribution >= 4 is 71.4 Å². The van der Waals surface area contributed by atoms with E-state index in [1.54, 1.807) is 12.3 Å². The molecular formula is C21H17Cl2LiN2O4S. The van der Waals surface area contributed by atoms with Gasteiger partial charge >= 0.3 is 24.8 Å². The third-order valence-corrected chi connectivity index (χ3v) is 5.34. The molecule has 0 aliphatic carbocycles. The number of carbonyl (C=O) groups excluding carboxylic acids is 1. The summed E-state index contributed by atoms with van der Waals surface area (Å²) in [5.74, 6) is -0.704. The van der Waals surface area contributed by atoms with E-state index in [0.717, 1.165) is 5.03 Å². The van der Waals surface area contributed by atoms with E-state index in [4.69, 9.17) is 27.9 Å². The Kier molecular flexibility index (Phi) is 9.75. The Bertz CT molecular complexity index is 1070. The normalized spacial score (nSPS) is 10.1. The number of carboxylic acids is 1. The summed E-state index contributed by atoms with van der Waals surface area (Å²) in [6, 6.07) is 14.5. The molecule has 2 aromatic carbocycles. The van der Waals surface area contributed by atoms with Crippen LogP contribution >= 0.6 is 35.0 Å². The summed E-state index contributed by atoms with van der Waals surface area (Å²) in [7, 11) is 0. The molecule has 0 bridgehead atoms. The summed E-state index contributed by atoms with van der Waals surface area (Å²) in [5.41, 5.74) is 0.223. The number of carbonyl (C=O) groups is 2. The molecule has 0 fully saturated rings. The molecule has 10 heteroatoms. The number of halogens is 2. The Labute approximate surface area is 205 Å². The molecule has 0 saturated carbocycles. The maximum atomic E-state index is 12.5. The van der Waals surface area contributed by atoms with E-state index in [0.29, 0.717) is 23.1 Å². The van der Waals surface area contributed by atoms with Gasteiger partial charge < -0.3 is 15.2 Å². The van der Waals surface area contributed by atoms with Crippen molar-refractivity contribution in [1.29, 1.82) is 0 Å². The van der Waals surface area contributed by atoms with Crippen molar-refractivity contribution in [3.8, 4) is 5.75 Å². The number of hydrogen-bond acceptors (Lipinski definition) is 5. The molecule has 156 valence electrons. The first-order valence-electron chi connectivity index (χ1n) is 8.74. The number of nitrogens with one attached hydrogen (secondary N) is 1.